The summed E-state index contributed by atoms with van der Waals surface area (Å²) in [6.07, 6.45) is 1.10. The van der Waals surface area contributed by atoms with Crippen molar-refractivity contribution in [3.63, 3.8) is 0 Å². The molecule has 0 spiro atoms. The van der Waals surface area contributed by atoms with E-state index in [9.17, 15) is 14.0 Å². The van der Waals surface area contributed by atoms with E-state index in [4.69, 9.17) is 14.0 Å². The van der Waals surface area contributed by atoms with Gasteiger partial charge in [0.25, 0.3) is 5.91 Å². The Balaban J connectivity index is 1.64. The lowest BCUT2D eigenvalue weighted by molar-refractivity contribution is -0.149. The summed E-state index contributed by atoms with van der Waals surface area (Å²) in [5.74, 6) is -0.234. The van der Waals surface area contributed by atoms with E-state index in [-0.39, 0.29) is 30.1 Å². The van der Waals surface area contributed by atoms with Gasteiger partial charge in [0.2, 0.25) is 0 Å². The first-order valence-corrected chi connectivity index (χ1v) is 9.29. The fourth-order valence-electron chi connectivity index (χ4n) is 3.17. The molecule has 8 heteroatoms. The van der Waals surface area contributed by atoms with E-state index in [0.29, 0.717) is 49.6 Å². The fraction of sp³-hybridized carbons (Fsp3) is 0.450. The summed E-state index contributed by atoms with van der Waals surface area (Å²) in [4.78, 5) is 26.4. The molecule has 1 aromatic heterocycles. The minimum atomic E-state index is -0.402. The van der Waals surface area contributed by atoms with Gasteiger partial charge in [0.15, 0.2) is 5.69 Å². The van der Waals surface area contributed by atoms with Crippen LogP contribution in [-0.4, -0.2) is 41.6 Å². The Kier molecular flexibility index (Phi) is 6.28. The lowest BCUT2D eigenvalue weighted by Crippen LogP contribution is -2.41. The van der Waals surface area contributed by atoms with E-state index in [1.807, 2.05) is 0 Å². The van der Waals surface area contributed by atoms with Crippen LogP contribution in [0.2, 0.25) is 0 Å². The molecule has 2 heterocycles. The van der Waals surface area contributed by atoms with Crippen molar-refractivity contribution in [3.8, 4) is 5.75 Å². The van der Waals surface area contributed by atoms with Gasteiger partial charge < -0.3 is 18.9 Å². The molecule has 0 unspecified atom stereocenters. The second-order valence-corrected chi connectivity index (χ2v) is 6.63. The molecule has 3 rings (SSSR count). The summed E-state index contributed by atoms with van der Waals surface area (Å²) < 4.78 is 29.1. The van der Waals surface area contributed by atoms with Crippen molar-refractivity contribution < 1.29 is 28.0 Å². The van der Waals surface area contributed by atoms with Crippen LogP contribution in [0.1, 0.15) is 41.6 Å². The van der Waals surface area contributed by atoms with Crippen LogP contribution in [0.4, 0.5) is 4.39 Å². The number of rotatable bonds is 6. The van der Waals surface area contributed by atoms with Crippen molar-refractivity contribution in [1.29, 1.82) is 0 Å². The first-order chi connectivity index (χ1) is 13.5. The van der Waals surface area contributed by atoms with Gasteiger partial charge in [-0.3, -0.25) is 9.59 Å². The maximum absolute atomic E-state index is 13.3. The summed E-state index contributed by atoms with van der Waals surface area (Å²) in [6.45, 7) is 4.75. The number of hydrogen-bond donors (Lipinski definition) is 0. The average Bonchev–Trinajstić information content (AvgIpc) is 3.06. The SMILES string of the molecule is CCOC(=O)C1CCN(C(=O)c2noc(C)c2COc2cccc(F)c2)CC1. The highest BCUT2D eigenvalue weighted by atomic mass is 19.1. The Bertz CT molecular complexity index is 843. The maximum Gasteiger partial charge on any atom is 0.309 e. The van der Waals surface area contributed by atoms with E-state index in [0.717, 1.165) is 0 Å². The van der Waals surface area contributed by atoms with Crippen LogP contribution in [0.3, 0.4) is 0 Å². The first-order valence-electron chi connectivity index (χ1n) is 9.29. The predicted molar refractivity (Wildman–Crippen MR) is 97.2 cm³/mol. The Morgan fingerprint density at radius 3 is 2.75 bits per heavy atom. The highest BCUT2D eigenvalue weighted by Gasteiger charge is 2.31. The zero-order valence-electron chi connectivity index (χ0n) is 15.9. The second kappa shape index (κ2) is 8.86. The van der Waals surface area contributed by atoms with Gasteiger partial charge in [0.05, 0.1) is 18.1 Å². The monoisotopic (exact) mass is 390 g/mol. The predicted octanol–water partition coefficient (Wildman–Crippen LogP) is 3.12. The molecule has 1 aromatic carbocycles. The highest BCUT2D eigenvalue weighted by molar-refractivity contribution is 5.94. The standard InChI is InChI=1S/C20H23FN2O5/c1-3-26-20(25)14-7-9-23(10-8-14)19(24)18-17(13(2)28-22-18)12-27-16-6-4-5-15(21)11-16/h4-6,11,14H,3,7-10,12H2,1-2H3. The lowest BCUT2D eigenvalue weighted by Gasteiger charge is -2.30. The quantitative estimate of drug-likeness (QED) is 0.705. The van der Waals surface area contributed by atoms with E-state index in [2.05, 4.69) is 5.16 Å². The topological polar surface area (TPSA) is 81.9 Å². The van der Waals surface area contributed by atoms with E-state index in [1.54, 1.807) is 30.9 Å². The third-order valence-corrected chi connectivity index (χ3v) is 4.77. The van der Waals surface area contributed by atoms with E-state index in [1.165, 1.54) is 12.1 Å². The first kappa shape index (κ1) is 19.9. The number of halogens is 1. The van der Waals surface area contributed by atoms with Crippen molar-refractivity contribution in [2.24, 2.45) is 5.92 Å². The van der Waals surface area contributed by atoms with Crippen molar-refractivity contribution in [2.45, 2.75) is 33.3 Å². The Morgan fingerprint density at radius 1 is 1.32 bits per heavy atom. The average molecular weight is 390 g/mol. The van der Waals surface area contributed by atoms with Crippen LogP contribution < -0.4 is 4.74 Å². The van der Waals surface area contributed by atoms with Crippen LogP contribution in [0.5, 0.6) is 5.75 Å². The Morgan fingerprint density at radius 2 is 2.07 bits per heavy atom. The largest absolute Gasteiger partial charge is 0.489 e. The number of benzene rings is 1. The lowest BCUT2D eigenvalue weighted by atomic mass is 9.96. The number of carbonyl (C=O) groups is 2. The van der Waals surface area contributed by atoms with Gasteiger partial charge >= 0.3 is 5.97 Å². The van der Waals surface area contributed by atoms with Crippen LogP contribution in [0.25, 0.3) is 0 Å². The van der Waals surface area contributed by atoms with Crippen LogP contribution in [-0.2, 0) is 16.1 Å². The van der Waals surface area contributed by atoms with Crippen LogP contribution >= 0.6 is 0 Å². The number of aryl methyl sites for hydroxylation is 1. The number of nitrogens with zero attached hydrogens (tertiary/aromatic N) is 2. The van der Waals surface area contributed by atoms with E-state index >= 15 is 0 Å². The maximum atomic E-state index is 13.3. The number of carbonyl (C=O) groups excluding carboxylic acids is 2. The number of likely N-dealkylation sites (tertiary alicyclic amines) is 1. The van der Waals surface area contributed by atoms with Crippen LogP contribution in [0, 0.1) is 18.7 Å². The fourth-order valence-corrected chi connectivity index (χ4v) is 3.17. The van der Waals surface area contributed by atoms with Gasteiger partial charge in [-0.25, -0.2) is 4.39 Å². The number of piperidine rings is 1. The van der Waals surface area contributed by atoms with Crippen LogP contribution in [0.15, 0.2) is 28.8 Å². The Labute approximate surface area is 162 Å². The molecule has 0 bridgehead atoms. The number of hydrogen-bond acceptors (Lipinski definition) is 6. The third kappa shape index (κ3) is 4.49. The summed E-state index contributed by atoms with van der Waals surface area (Å²) in [6, 6.07) is 5.77. The smallest absolute Gasteiger partial charge is 0.309 e. The van der Waals surface area contributed by atoms with E-state index < -0.39 is 5.82 Å². The molecule has 0 radical (unpaired) electrons. The number of ether oxygens (including phenoxy) is 2. The van der Waals surface area contributed by atoms with Gasteiger partial charge in [-0.05, 0) is 38.8 Å². The summed E-state index contributed by atoms with van der Waals surface area (Å²) in [5, 5.41) is 3.89. The highest BCUT2D eigenvalue weighted by Crippen LogP contribution is 2.23. The molecule has 1 saturated heterocycles. The minimum absolute atomic E-state index is 0.0408. The molecule has 7 nitrogen and oxygen atoms in total. The van der Waals surface area contributed by atoms with Gasteiger partial charge in [-0.1, -0.05) is 11.2 Å². The molecule has 1 fully saturated rings. The molecule has 0 atom stereocenters. The van der Waals surface area contributed by atoms with Crippen molar-refractivity contribution >= 4 is 11.9 Å². The molecule has 0 saturated carbocycles. The molecular weight excluding hydrogens is 367 g/mol. The number of amides is 1. The van der Waals surface area contributed by atoms with Crippen molar-refractivity contribution in [1.82, 2.24) is 10.1 Å². The van der Waals surface area contributed by atoms with Crippen molar-refractivity contribution in [3.05, 3.63) is 47.1 Å². The summed E-state index contributed by atoms with van der Waals surface area (Å²) in [7, 11) is 0. The zero-order chi connectivity index (χ0) is 20.1. The molecule has 1 amide bonds. The third-order valence-electron chi connectivity index (χ3n) is 4.77. The normalized spacial score (nSPS) is 14.8. The molecule has 1 aliphatic rings. The van der Waals surface area contributed by atoms with Gasteiger partial charge in [-0.15, -0.1) is 0 Å². The van der Waals surface area contributed by atoms with Gasteiger partial charge in [-0.2, -0.15) is 0 Å². The number of esters is 1. The molecule has 0 aliphatic carbocycles. The number of aromatic nitrogens is 1. The molecule has 2 aromatic rings. The Hall–Kier alpha value is -2.90. The molecule has 1 aliphatic heterocycles. The molecular formula is C20H23FN2O5. The van der Waals surface area contributed by atoms with Gasteiger partial charge in [0.1, 0.15) is 23.9 Å². The molecule has 0 N–H and O–H groups in total. The summed E-state index contributed by atoms with van der Waals surface area (Å²) in [5.41, 5.74) is 0.713. The molecule has 150 valence electrons. The molecule has 28 heavy (non-hydrogen) atoms. The minimum Gasteiger partial charge on any atom is -0.489 e. The summed E-state index contributed by atoms with van der Waals surface area (Å²) >= 11 is 0. The zero-order valence-corrected chi connectivity index (χ0v) is 15.9. The van der Waals surface area contributed by atoms with Crippen molar-refractivity contribution in [2.75, 3.05) is 19.7 Å². The van der Waals surface area contributed by atoms with Gasteiger partial charge in [0, 0.05) is 19.2 Å². The second-order valence-electron chi connectivity index (χ2n) is 6.63.